The van der Waals surface area contributed by atoms with Gasteiger partial charge in [0.1, 0.15) is 5.60 Å². The van der Waals surface area contributed by atoms with E-state index in [4.69, 9.17) is 15.6 Å². The van der Waals surface area contributed by atoms with Crippen molar-refractivity contribution in [3.05, 3.63) is 35.9 Å². The highest BCUT2D eigenvalue weighted by Crippen LogP contribution is 2.24. The van der Waals surface area contributed by atoms with Crippen LogP contribution >= 0.6 is 0 Å². The van der Waals surface area contributed by atoms with Gasteiger partial charge < -0.3 is 20.5 Å². The Hall–Kier alpha value is -2.01. The first kappa shape index (κ1) is 18.0. The summed E-state index contributed by atoms with van der Waals surface area (Å²) in [5, 5.41) is 7.00. The Morgan fingerprint density at radius 2 is 2.00 bits per heavy atom. The van der Waals surface area contributed by atoms with Crippen LogP contribution in [-0.4, -0.2) is 41.9 Å². The highest BCUT2D eigenvalue weighted by Gasteiger charge is 2.23. The zero-order chi connectivity index (χ0) is 16.8. The molecule has 2 rings (SSSR count). The van der Waals surface area contributed by atoms with Gasteiger partial charge in [-0.25, -0.2) is 4.79 Å². The fourth-order valence-corrected chi connectivity index (χ4v) is 2.16. The van der Waals surface area contributed by atoms with Crippen molar-refractivity contribution in [1.82, 2.24) is 4.90 Å². The lowest BCUT2D eigenvalue weighted by Gasteiger charge is -2.29. The van der Waals surface area contributed by atoms with Gasteiger partial charge in [0.05, 0.1) is 0 Å². The number of hydrogen-bond donors (Lipinski definition) is 2. The molecule has 1 aliphatic heterocycles. The Balaban J connectivity index is 0.00000116. The van der Waals surface area contributed by atoms with E-state index in [0.29, 0.717) is 13.1 Å². The van der Waals surface area contributed by atoms with Gasteiger partial charge in [-0.15, -0.1) is 0 Å². The second-order valence-electron chi connectivity index (χ2n) is 6.03. The number of amides is 1. The standard InChI is InChI=1S/C16H22N2O2.CH4O/c1-16(2,3)20-15(19)18-9-7-12(8-10-18)13-5-4-6-14(17)11-13;1-2/h4-7,11H,8-10,17H2,1-3H3;2H,1H3. The average molecular weight is 306 g/mol. The Morgan fingerprint density at radius 1 is 1.32 bits per heavy atom. The number of nitrogens with two attached hydrogens (primary N) is 1. The van der Waals surface area contributed by atoms with Gasteiger partial charge in [0, 0.05) is 25.9 Å². The van der Waals surface area contributed by atoms with E-state index in [2.05, 4.69) is 6.08 Å². The number of aliphatic hydroxyl groups is 1. The first-order chi connectivity index (χ1) is 10.3. The van der Waals surface area contributed by atoms with Crippen molar-refractivity contribution < 1.29 is 14.6 Å². The normalized spacial score (nSPS) is 14.6. The number of nitrogen functional groups attached to an aromatic ring is 1. The van der Waals surface area contributed by atoms with E-state index in [-0.39, 0.29) is 6.09 Å². The van der Waals surface area contributed by atoms with E-state index in [9.17, 15) is 4.79 Å². The molecule has 1 heterocycles. The molecular formula is C17H26N2O3. The third-order valence-corrected chi connectivity index (χ3v) is 3.12. The molecule has 0 fully saturated rings. The van der Waals surface area contributed by atoms with Crippen LogP contribution in [0.1, 0.15) is 32.8 Å². The molecule has 1 aliphatic rings. The number of hydrogen-bond acceptors (Lipinski definition) is 4. The van der Waals surface area contributed by atoms with Gasteiger partial charge >= 0.3 is 6.09 Å². The van der Waals surface area contributed by atoms with Crippen molar-refractivity contribution >= 4 is 17.4 Å². The maximum absolute atomic E-state index is 12.0. The number of ether oxygens (including phenoxy) is 1. The predicted octanol–water partition coefficient (Wildman–Crippen LogP) is 2.90. The van der Waals surface area contributed by atoms with E-state index in [1.54, 1.807) is 4.90 Å². The molecule has 1 aromatic rings. The zero-order valence-electron chi connectivity index (χ0n) is 13.8. The molecule has 0 saturated carbocycles. The van der Waals surface area contributed by atoms with Gasteiger partial charge in [-0.05, 0) is 50.5 Å². The predicted molar refractivity (Wildman–Crippen MR) is 89.4 cm³/mol. The molecule has 0 unspecified atom stereocenters. The van der Waals surface area contributed by atoms with E-state index >= 15 is 0 Å². The van der Waals surface area contributed by atoms with E-state index < -0.39 is 5.60 Å². The summed E-state index contributed by atoms with van der Waals surface area (Å²) in [6.07, 6.45) is 2.64. The minimum absolute atomic E-state index is 0.250. The number of benzene rings is 1. The van der Waals surface area contributed by atoms with Gasteiger partial charge in [-0.1, -0.05) is 18.2 Å². The summed E-state index contributed by atoms with van der Waals surface area (Å²) in [7, 11) is 1.00. The summed E-state index contributed by atoms with van der Waals surface area (Å²) in [5.74, 6) is 0. The highest BCUT2D eigenvalue weighted by atomic mass is 16.6. The van der Waals surface area contributed by atoms with Crippen LogP contribution in [-0.2, 0) is 4.74 Å². The summed E-state index contributed by atoms with van der Waals surface area (Å²) >= 11 is 0. The molecule has 5 nitrogen and oxygen atoms in total. The molecule has 1 amide bonds. The highest BCUT2D eigenvalue weighted by molar-refractivity contribution is 5.73. The molecular weight excluding hydrogens is 280 g/mol. The van der Waals surface area contributed by atoms with Crippen molar-refractivity contribution in [2.45, 2.75) is 32.8 Å². The fraction of sp³-hybridized carbons (Fsp3) is 0.471. The topological polar surface area (TPSA) is 75.8 Å². The van der Waals surface area contributed by atoms with Crippen LogP contribution in [0.25, 0.3) is 5.57 Å². The lowest BCUT2D eigenvalue weighted by molar-refractivity contribution is 0.0270. The first-order valence-corrected chi connectivity index (χ1v) is 7.33. The minimum Gasteiger partial charge on any atom is -0.444 e. The third kappa shape index (κ3) is 5.41. The summed E-state index contributed by atoms with van der Waals surface area (Å²) in [5.41, 5.74) is 8.48. The van der Waals surface area contributed by atoms with Crippen LogP contribution < -0.4 is 5.73 Å². The molecule has 0 saturated heterocycles. The van der Waals surface area contributed by atoms with Gasteiger partial charge in [-0.3, -0.25) is 0 Å². The van der Waals surface area contributed by atoms with Crippen LogP contribution in [0.5, 0.6) is 0 Å². The smallest absolute Gasteiger partial charge is 0.410 e. The van der Waals surface area contributed by atoms with Crippen LogP contribution in [0.15, 0.2) is 30.3 Å². The molecule has 0 radical (unpaired) electrons. The summed E-state index contributed by atoms with van der Waals surface area (Å²) in [4.78, 5) is 13.7. The lowest BCUT2D eigenvalue weighted by Crippen LogP contribution is -2.39. The van der Waals surface area contributed by atoms with Crippen molar-refractivity contribution in [1.29, 1.82) is 0 Å². The lowest BCUT2D eigenvalue weighted by atomic mass is 9.99. The molecule has 5 heteroatoms. The molecule has 0 atom stereocenters. The Labute approximate surface area is 132 Å². The molecule has 3 N–H and O–H groups in total. The van der Waals surface area contributed by atoms with E-state index in [0.717, 1.165) is 24.8 Å². The van der Waals surface area contributed by atoms with Gasteiger partial charge in [-0.2, -0.15) is 0 Å². The van der Waals surface area contributed by atoms with Gasteiger partial charge in [0.25, 0.3) is 0 Å². The van der Waals surface area contributed by atoms with Crippen molar-refractivity contribution in [2.75, 3.05) is 25.9 Å². The number of carbonyl (C=O) groups excluding carboxylic acids is 1. The average Bonchev–Trinajstić information content (AvgIpc) is 2.48. The number of anilines is 1. The maximum atomic E-state index is 12.0. The zero-order valence-corrected chi connectivity index (χ0v) is 13.8. The monoisotopic (exact) mass is 306 g/mol. The summed E-state index contributed by atoms with van der Waals surface area (Å²) in [6, 6.07) is 7.84. The minimum atomic E-state index is -0.449. The molecule has 22 heavy (non-hydrogen) atoms. The number of carbonyl (C=O) groups is 1. The summed E-state index contributed by atoms with van der Waals surface area (Å²) in [6.45, 7) is 6.89. The van der Waals surface area contributed by atoms with Crippen molar-refractivity contribution in [3.63, 3.8) is 0 Å². The van der Waals surface area contributed by atoms with E-state index in [1.165, 1.54) is 5.57 Å². The van der Waals surface area contributed by atoms with E-state index in [1.807, 2.05) is 45.0 Å². The SMILES string of the molecule is CC(C)(C)OC(=O)N1CC=C(c2cccc(N)c2)CC1.CO. The summed E-state index contributed by atoms with van der Waals surface area (Å²) < 4.78 is 5.37. The van der Waals surface area contributed by atoms with Gasteiger partial charge in [0.2, 0.25) is 0 Å². The van der Waals surface area contributed by atoms with Crippen molar-refractivity contribution in [2.24, 2.45) is 0 Å². The second-order valence-corrected chi connectivity index (χ2v) is 6.03. The quantitative estimate of drug-likeness (QED) is 0.782. The molecule has 0 aliphatic carbocycles. The Bertz CT molecular complexity index is 533. The van der Waals surface area contributed by atoms with Crippen LogP contribution in [0, 0.1) is 0 Å². The van der Waals surface area contributed by atoms with Crippen LogP contribution in [0.2, 0.25) is 0 Å². The molecule has 0 bridgehead atoms. The second kappa shape index (κ2) is 7.84. The third-order valence-electron chi connectivity index (χ3n) is 3.12. The Kier molecular flexibility index (Phi) is 6.43. The number of aliphatic hydroxyl groups excluding tert-OH is 1. The van der Waals surface area contributed by atoms with Gasteiger partial charge in [0.15, 0.2) is 0 Å². The molecule has 0 spiro atoms. The largest absolute Gasteiger partial charge is 0.444 e. The number of rotatable bonds is 1. The Morgan fingerprint density at radius 3 is 2.50 bits per heavy atom. The molecule has 1 aromatic carbocycles. The fourth-order valence-electron chi connectivity index (χ4n) is 2.16. The maximum Gasteiger partial charge on any atom is 0.410 e. The molecule has 0 aromatic heterocycles. The number of nitrogens with zero attached hydrogens (tertiary/aromatic N) is 1. The molecule has 122 valence electrons. The van der Waals surface area contributed by atoms with Crippen LogP contribution in [0.4, 0.5) is 10.5 Å². The van der Waals surface area contributed by atoms with Crippen LogP contribution in [0.3, 0.4) is 0 Å². The van der Waals surface area contributed by atoms with Crippen molar-refractivity contribution in [3.8, 4) is 0 Å². The first-order valence-electron chi connectivity index (χ1n) is 7.33.